The maximum absolute atomic E-state index is 12.3. The smallest absolute Gasteiger partial charge is 0.266 e. The molecule has 2 aromatic rings. The maximum atomic E-state index is 12.3. The molecule has 0 unspecified atom stereocenters. The standard InChI is InChI=1S/C18H14BrClN2O3/c1-10-3-4-13(8-15(10)20)22-18(24)12(9-21)5-11-6-14(19)17(23)16(7-11)25-2/h3-8,23H,1-2H3,(H,22,24)/b12-5+. The van der Waals surface area contributed by atoms with Crippen molar-refractivity contribution in [1.82, 2.24) is 0 Å². The minimum absolute atomic E-state index is 0.0584. The van der Waals surface area contributed by atoms with E-state index in [0.29, 0.717) is 20.7 Å². The first-order chi connectivity index (χ1) is 11.8. The molecule has 2 aromatic carbocycles. The van der Waals surface area contributed by atoms with Crippen molar-refractivity contribution < 1.29 is 14.6 Å². The van der Waals surface area contributed by atoms with E-state index in [0.717, 1.165) is 5.56 Å². The van der Waals surface area contributed by atoms with Gasteiger partial charge >= 0.3 is 0 Å². The summed E-state index contributed by atoms with van der Waals surface area (Å²) in [5.74, 6) is -0.397. The zero-order valence-electron chi connectivity index (χ0n) is 13.4. The number of nitrogens with one attached hydrogen (secondary N) is 1. The first-order valence-corrected chi connectivity index (χ1v) is 8.28. The third-order valence-electron chi connectivity index (χ3n) is 3.38. The number of benzene rings is 2. The van der Waals surface area contributed by atoms with Crippen molar-refractivity contribution in [3.05, 3.63) is 56.5 Å². The van der Waals surface area contributed by atoms with Gasteiger partial charge in [0.25, 0.3) is 5.91 Å². The normalized spacial score (nSPS) is 10.9. The number of hydrogen-bond acceptors (Lipinski definition) is 4. The van der Waals surface area contributed by atoms with Gasteiger partial charge in [0.1, 0.15) is 11.6 Å². The van der Waals surface area contributed by atoms with Crippen molar-refractivity contribution in [2.75, 3.05) is 12.4 Å². The van der Waals surface area contributed by atoms with Crippen molar-refractivity contribution in [3.63, 3.8) is 0 Å². The number of phenols is 1. The van der Waals surface area contributed by atoms with Gasteiger partial charge in [-0.05, 0) is 64.3 Å². The van der Waals surface area contributed by atoms with Crippen LogP contribution in [0.15, 0.2) is 40.4 Å². The Bertz CT molecular complexity index is 904. The summed E-state index contributed by atoms with van der Waals surface area (Å²) >= 11 is 9.23. The van der Waals surface area contributed by atoms with Gasteiger partial charge in [-0.25, -0.2) is 0 Å². The summed E-state index contributed by atoms with van der Waals surface area (Å²) in [5, 5.41) is 22.3. The van der Waals surface area contributed by atoms with Crippen LogP contribution in [-0.4, -0.2) is 18.1 Å². The summed E-state index contributed by atoms with van der Waals surface area (Å²) in [5.41, 5.74) is 1.80. The molecule has 0 aliphatic carbocycles. The number of phenolic OH excluding ortho intramolecular Hbond substituents is 1. The van der Waals surface area contributed by atoms with E-state index in [-0.39, 0.29) is 17.1 Å². The molecule has 0 spiro atoms. The summed E-state index contributed by atoms with van der Waals surface area (Å²) in [7, 11) is 1.41. The van der Waals surface area contributed by atoms with Crippen LogP contribution in [0.1, 0.15) is 11.1 Å². The molecule has 7 heteroatoms. The van der Waals surface area contributed by atoms with Crippen molar-refractivity contribution in [1.29, 1.82) is 5.26 Å². The van der Waals surface area contributed by atoms with Crippen LogP contribution in [0.4, 0.5) is 5.69 Å². The molecule has 5 nitrogen and oxygen atoms in total. The largest absolute Gasteiger partial charge is 0.503 e. The lowest BCUT2D eigenvalue weighted by molar-refractivity contribution is -0.112. The Morgan fingerprint density at radius 3 is 2.72 bits per heavy atom. The molecular weight excluding hydrogens is 408 g/mol. The second-order valence-electron chi connectivity index (χ2n) is 5.14. The number of aromatic hydroxyl groups is 1. The third kappa shape index (κ3) is 4.53. The topological polar surface area (TPSA) is 82.3 Å². The Morgan fingerprint density at radius 1 is 1.40 bits per heavy atom. The number of aryl methyl sites for hydroxylation is 1. The highest BCUT2D eigenvalue weighted by Crippen LogP contribution is 2.35. The second-order valence-corrected chi connectivity index (χ2v) is 6.40. The number of methoxy groups -OCH3 is 1. The number of rotatable bonds is 4. The van der Waals surface area contributed by atoms with Gasteiger partial charge < -0.3 is 15.2 Å². The predicted molar refractivity (Wildman–Crippen MR) is 101 cm³/mol. The molecule has 1 amide bonds. The van der Waals surface area contributed by atoms with Crippen molar-refractivity contribution >= 4 is 45.2 Å². The Kier molecular flexibility index (Phi) is 6.07. The van der Waals surface area contributed by atoms with E-state index in [1.807, 2.05) is 13.0 Å². The number of ether oxygens (including phenoxy) is 1. The summed E-state index contributed by atoms with van der Waals surface area (Å²) < 4.78 is 5.44. The first kappa shape index (κ1) is 18.8. The Balaban J connectivity index is 2.31. The Labute approximate surface area is 158 Å². The number of hydrogen-bond donors (Lipinski definition) is 2. The average Bonchev–Trinajstić information content (AvgIpc) is 2.58. The zero-order valence-corrected chi connectivity index (χ0v) is 15.8. The van der Waals surface area contributed by atoms with E-state index < -0.39 is 5.91 Å². The minimum Gasteiger partial charge on any atom is -0.503 e. The molecule has 0 atom stereocenters. The summed E-state index contributed by atoms with van der Waals surface area (Å²) in [4.78, 5) is 12.3. The lowest BCUT2D eigenvalue weighted by Gasteiger charge is -2.08. The molecule has 0 heterocycles. The molecule has 2 N–H and O–H groups in total. The van der Waals surface area contributed by atoms with Gasteiger partial charge in [0.2, 0.25) is 0 Å². The molecule has 0 radical (unpaired) electrons. The van der Waals surface area contributed by atoms with Gasteiger partial charge in [-0.1, -0.05) is 17.7 Å². The van der Waals surface area contributed by atoms with E-state index in [1.54, 1.807) is 24.3 Å². The number of carbonyl (C=O) groups is 1. The van der Waals surface area contributed by atoms with Crippen LogP contribution in [0.25, 0.3) is 6.08 Å². The van der Waals surface area contributed by atoms with E-state index in [4.69, 9.17) is 16.3 Å². The Hall–Kier alpha value is -2.49. The number of anilines is 1. The van der Waals surface area contributed by atoms with Gasteiger partial charge in [-0.2, -0.15) is 5.26 Å². The van der Waals surface area contributed by atoms with Crippen LogP contribution in [0.2, 0.25) is 5.02 Å². The number of halogens is 2. The molecule has 0 aromatic heterocycles. The predicted octanol–water partition coefficient (Wildman–Crippen LogP) is 4.67. The highest BCUT2D eigenvalue weighted by atomic mass is 79.9. The summed E-state index contributed by atoms with van der Waals surface area (Å²) in [6, 6.07) is 10.1. The zero-order chi connectivity index (χ0) is 18.6. The van der Waals surface area contributed by atoms with Crippen LogP contribution in [-0.2, 0) is 4.79 Å². The molecule has 0 aliphatic rings. The van der Waals surface area contributed by atoms with Crippen molar-refractivity contribution in [3.8, 4) is 17.6 Å². The van der Waals surface area contributed by atoms with Crippen molar-refractivity contribution in [2.24, 2.45) is 0 Å². The minimum atomic E-state index is -0.564. The van der Waals surface area contributed by atoms with Crippen LogP contribution in [0.3, 0.4) is 0 Å². The molecule has 0 saturated heterocycles. The number of nitriles is 1. The fourth-order valence-electron chi connectivity index (χ4n) is 2.02. The molecule has 25 heavy (non-hydrogen) atoms. The average molecular weight is 422 g/mol. The monoisotopic (exact) mass is 420 g/mol. The SMILES string of the molecule is COc1cc(/C=C(\C#N)C(=O)Nc2ccc(C)c(Cl)c2)cc(Br)c1O. The molecule has 0 saturated carbocycles. The van der Waals surface area contributed by atoms with E-state index in [9.17, 15) is 15.2 Å². The summed E-state index contributed by atoms with van der Waals surface area (Å²) in [6.45, 7) is 1.85. The van der Waals surface area contributed by atoms with Crippen LogP contribution < -0.4 is 10.1 Å². The van der Waals surface area contributed by atoms with Crippen molar-refractivity contribution in [2.45, 2.75) is 6.92 Å². The summed E-state index contributed by atoms with van der Waals surface area (Å²) in [6.07, 6.45) is 1.40. The lowest BCUT2D eigenvalue weighted by atomic mass is 10.1. The fourth-order valence-corrected chi connectivity index (χ4v) is 2.66. The molecule has 0 fully saturated rings. The van der Waals surface area contributed by atoms with Crippen LogP contribution >= 0.6 is 27.5 Å². The quantitative estimate of drug-likeness (QED) is 0.555. The molecule has 128 valence electrons. The van der Waals surface area contributed by atoms with Gasteiger partial charge in [0.15, 0.2) is 11.5 Å². The van der Waals surface area contributed by atoms with E-state index in [1.165, 1.54) is 19.3 Å². The van der Waals surface area contributed by atoms with Gasteiger partial charge in [-0.15, -0.1) is 0 Å². The third-order valence-corrected chi connectivity index (χ3v) is 4.39. The van der Waals surface area contributed by atoms with Gasteiger partial charge in [-0.3, -0.25) is 4.79 Å². The van der Waals surface area contributed by atoms with E-state index in [2.05, 4.69) is 21.2 Å². The molecular formula is C18H14BrClN2O3. The van der Waals surface area contributed by atoms with Crippen LogP contribution in [0, 0.1) is 18.3 Å². The fraction of sp³-hybridized carbons (Fsp3) is 0.111. The van der Waals surface area contributed by atoms with Gasteiger partial charge in [0.05, 0.1) is 11.6 Å². The Morgan fingerprint density at radius 2 is 2.12 bits per heavy atom. The molecule has 2 rings (SSSR count). The highest BCUT2D eigenvalue weighted by molar-refractivity contribution is 9.10. The van der Waals surface area contributed by atoms with Gasteiger partial charge in [0, 0.05) is 10.7 Å². The molecule has 0 aliphatic heterocycles. The molecule has 0 bridgehead atoms. The first-order valence-electron chi connectivity index (χ1n) is 7.11. The number of carbonyl (C=O) groups excluding carboxylic acids is 1. The van der Waals surface area contributed by atoms with Crippen LogP contribution in [0.5, 0.6) is 11.5 Å². The number of amides is 1. The van der Waals surface area contributed by atoms with E-state index >= 15 is 0 Å². The lowest BCUT2D eigenvalue weighted by Crippen LogP contribution is -2.13. The second kappa shape index (κ2) is 8.06. The number of nitrogens with zero attached hydrogens (tertiary/aromatic N) is 1. The highest BCUT2D eigenvalue weighted by Gasteiger charge is 2.13. The maximum Gasteiger partial charge on any atom is 0.266 e.